The van der Waals surface area contributed by atoms with Gasteiger partial charge in [-0.15, -0.1) is 0 Å². The number of nitrogens with zero attached hydrogens (tertiary/aromatic N) is 2. The number of anilines is 3. The fourth-order valence-corrected chi connectivity index (χ4v) is 1.59. The zero-order chi connectivity index (χ0) is 13.4. The summed E-state index contributed by atoms with van der Waals surface area (Å²) in [5.74, 6) is -3.66. The Kier molecular flexibility index (Phi) is 2.90. The van der Waals surface area contributed by atoms with Gasteiger partial charge in [0.1, 0.15) is 0 Å². The van der Waals surface area contributed by atoms with Crippen LogP contribution in [0.15, 0.2) is 12.1 Å². The van der Waals surface area contributed by atoms with Crippen molar-refractivity contribution in [3.8, 4) is 0 Å². The summed E-state index contributed by atoms with van der Waals surface area (Å²) in [4.78, 5) is 0. The van der Waals surface area contributed by atoms with Crippen molar-refractivity contribution in [3.63, 3.8) is 0 Å². The molecule has 0 bridgehead atoms. The Balaban J connectivity index is 2.40. The van der Waals surface area contributed by atoms with Crippen LogP contribution in [-0.4, -0.2) is 9.78 Å². The highest BCUT2D eigenvalue weighted by Crippen LogP contribution is 2.26. The number of aromatic nitrogens is 2. The monoisotopic (exact) mass is 256 g/mol. The van der Waals surface area contributed by atoms with Gasteiger partial charge in [0, 0.05) is 24.9 Å². The Hall–Kier alpha value is -2.18. The summed E-state index contributed by atoms with van der Waals surface area (Å²) in [6.07, 6.45) is 0. The largest absolute Gasteiger partial charge is 0.394 e. The van der Waals surface area contributed by atoms with Crippen molar-refractivity contribution in [1.29, 1.82) is 0 Å². The lowest BCUT2D eigenvalue weighted by Gasteiger charge is -2.08. The minimum Gasteiger partial charge on any atom is -0.394 e. The smallest absolute Gasteiger partial charge is 0.194 e. The number of rotatable bonds is 2. The molecule has 0 aliphatic rings. The summed E-state index contributed by atoms with van der Waals surface area (Å²) in [6.45, 7) is 1.70. The van der Waals surface area contributed by atoms with Crippen LogP contribution in [0.5, 0.6) is 0 Å². The maximum atomic E-state index is 13.0. The third kappa shape index (κ3) is 1.99. The first-order valence-electron chi connectivity index (χ1n) is 5.10. The van der Waals surface area contributed by atoms with Crippen molar-refractivity contribution in [2.75, 3.05) is 11.1 Å². The van der Waals surface area contributed by atoms with Gasteiger partial charge in [-0.3, -0.25) is 4.68 Å². The van der Waals surface area contributed by atoms with Crippen LogP contribution in [0.2, 0.25) is 0 Å². The van der Waals surface area contributed by atoms with E-state index < -0.39 is 17.5 Å². The van der Waals surface area contributed by atoms with Gasteiger partial charge in [0.25, 0.3) is 0 Å². The van der Waals surface area contributed by atoms with Crippen molar-refractivity contribution in [3.05, 3.63) is 35.3 Å². The third-order valence-electron chi connectivity index (χ3n) is 2.52. The van der Waals surface area contributed by atoms with Gasteiger partial charge < -0.3 is 11.1 Å². The Morgan fingerprint density at radius 3 is 2.22 bits per heavy atom. The molecule has 1 aromatic carbocycles. The molecule has 0 saturated heterocycles. The van der Waals surface area contributed by atoms with E-state index in [1.807, 2.05) is 0 Å². The molecule has 1 heterocycles. The predicted octanol–water partition coefficient (Wildman–Crippen LogP) is 2.47. The zero-order valence-electron chi connectivity index (χ0n) is 9.76. The molecule has 0 amide bonds. The topological polar surface area (TPSA) is 55.9 Å². The van der Waals surface area contributed by atoms with E-state index in [1.54, 1.807) is 14.0 Å². The van der Waals surface area contributed by atoms with Crippen LogP contribution in [0.1, 0.15) is 5.69 Å². The summed E-state index contributed by atoms with van der Waals surface area (Å²) in [5, 5.41) is 6.74. The Bertz CT molecular complexity index is 584. The molecule has 0 spiro atoms. The lowest BCUT2D eigenvalue weighted by molar-refractivity contribution is 0.448. The molecule has 0 radical (unpaired) electrons. The van der Waals surface area contributed by atoms with Gasteiger partial charge in [-0.2, -0.15) is 5.10 Å². The fraction of sp³-hybridized carbons (Fsp3) is 0.182. The Morgan fingerprint density at radius 1 is 1.22 bits per heavy atom. The van der Waals surface area contributed by atoms with E-state index in [0.717, 1.165) is 12.1 Å². The number of halogens is 3. The predicted molar refractivity (Wildman–Crippen MR) is 62.0 cm³/mol. The molecule has 0 unspecified atom stereocenters. The highest BCUT2D eigenvalue weighted by atomic mass is 19.2. The molecule has 1 aromatic heterocycles. The molecule has 0 fully saturated rings. The SMILES string of the molecule is Cc1nn(C)c(Nc2cc(F)c(F)c(F)c2)c1N. The Labute approximate surface area is 101 Å². The van der Waals surface area contributed by atoms with Crippen LogP contribution in [-0.2, 0) is 7.05 Å². The standard InChI is InChI=1S/C11H11F3N4/c1-5-10(15)11(18(2)17-5)16-6-3-7(12)9(14)8(13)4-6/h3-4,16H,15H2,1-2H3. The average Bonchev–Trinajstić information content (AvgIpc) is 2.53. The van der Waals surface area contributed by atoms with Crippen LogP contribution in [0.4, 0.5) is 30.4 Å². The lowest BCUT2D eigenvalue weighted by Crippen LogP contribution is -2.03. The second-order valence-corrected chi connectivity index (χ2v) is 3.85. The van der Waals surface area contributed by atoms with Crippen LogP contribution < -0.4 is 11.1 Å². The van der Waals surface area contributed by atoms with E-state index in [-0.39, 0.29) is 5.69 Å². The quantitative estimate of drug-likeness (QED) is 0.811. The molecule has 0 aliphatic heterocycles. The van der Waals surface area contributed by atoms with Crippen LogP contribution in [0.3, 0.4) is 0 Å². The molecule has 18 heavy (non-hydrogen) atoms. The molecule has 0 atom stereocenters. The Morgan fingerprint density at radius 2 is 1.78 bits per heavy atom. The van der Waals surface area contributed by atoms with Crippen molar-refractivity contribution in [2.45, 2.75) is 6.92 Å². The third-order valence-corrected chi connectivity index (χ3v) is 2.52. The average molecular weight is 256 g/mol. The maximum Gasteiger partial charge on any atom is 0.194 e. The van der Waals surface area contributed by atoms with Crippen LogP contribution in [0, 0.1) is 24.4 Å². The molecule has 96 valence electrons. The molecule has 0 saturated carbocycles. The summed E-state index contributed by atoms with van der Waals surface area (Å²) in [7, 11) is 1.63. The molecule has 7 heteroatoms. The summed E-state index contributed by atoms with van der Waals surface area (Å²) < 4.78 is 40.3. The maximum absolute atomic E-state index is 13.0. The lowest BCUT2D eigenvalue weighted by atomic mass is 10.2. The van der Waals surface area contributed by atoms with E-state index in [0.29, 0.717) is 17.2 Å². The van der Waals surface area contributed by atoms with Gasteiger partial charge in [-0.05, 0) is 6.92 Å². The van der Waals surface area contributed by atoms with E-state index in [4.69, 9.17) is 5.73 Å². The number of hydrogen-bond donors (Lipinski definition) is 2. The zero-order valence-corrected chi connectivity index (χ0v) is 9.76. The van der Waals surface area contributed by atoms with E-state index >= 15 is 0 Å². The summed E-state index contributed by atoms with van der Waals surface area (Å²) >= 11 is 0. The first kappa shape index (κ1) is 12.3. The van der Waals surface area contributed by atoms with Crippen molar-refractivity contribution in [2.24, 2.45) is 7.05 Å². The van der Waals surface area contributed by atoms with Gasteiger partial charge >= 0.3 is 0 Å². The fourth-order valence-electron chi connectivity index (χ4n) is 1.59. The van der Waals surface area contributed by atoms with Crippen LogP contribution in [0.25, 0.3) is 0 Å². The number of aryl methyl sites for hydroxylation is 2. The molecular formula is C11H11F3N4. The molecular weight excluding hydrogens is 245 g/mol. The normalized spacial score (nSPS) is 10.7. The second-order valence-electron chi connectivity index (χ2n) is 3.85. The van der Waals surface area contributed by atoms with Crippen molar-refractivity contribution in [1.82, 2.24) is 9.78 Å². The molecule has 2 aromatic rings. The van der Waals surface area contributed by atoms with Gasteiger partial charge in [0.15, 0.2) is 23.3 Å². The number of benzene rings is 1. The van der Waals surface area contributed by atoms with Crippen molar-refractivity contribution >= 4 is 17.2 Å². The first-order chi connectivity index (χ1) is 8.40. The van der Waals surface area contributed by atoms with E-state index in [2.05, 4.69) is 10.4 Å². The second kappa shape index (κ2) is 4.25. The minimum absolute atomic E-state index is 0.0566. The number of nitrogens with two attached hydrogens (primary N) is 1. The van der Waals surface area contributed by atoms with E-state index in [9.17, 15) is 13.2 Å². The highest BCUT2D eigenvalue weighted by molar-refractivity contribution is 5.71. The summed E-state index contributed by atoms with van der Waals surface area (Å²) in [5.41, 5.74) is 6.76. The van der Waals surface area contributed by atoms with E-state index in [1.165, 1.54) is 4.68 Å². The first-order valence-corrected chi connectivity index (χ1v) is 5.10. The number of nitrogen functional groups attached to an aromatic ring is 1. The molecule has 3 N–H and O–H groups in total. The van der Waals surface area contributed by atoms with Gasteiger partial charge in [0.2, 0.25) is 0 Å². The number of hydrogen-bond acceptors (Lipinski definition) is 3. The van der Waals surface area contributed by atoms with Gasteiger partial charge in [-0.1, -0.05) is 0 Å². The van der Waals surface area contributed by atoms with Gasteiger partial charge in [-0.25, -0.2) is 13.2 Å². The number of nitrogens with one attached hydrogen (secondary N) is 1. The summed E-state index contributed by atoms with van der Waals surface area (Å²) in [6, 6.07) is 1.69. The molecule has 4 nitrogen and oxygen atoms in total. The van der Waals surface area contributed by atoms with Crippen molar-refractivity contribution < 1.29 is 13.2 Å². The van der Waals surface area contributed by atoms with Crippen LogP contribution >= 0.6 is 0 Å². The highest BCUT2D eigenvalue weighted by Gasteiger charge is 2.14. The molecule has 2 rings (SSSR count). The minimum atomic E-state index is -1.50. The molecule has 0 aliphatic carbocycles. The van der Waals surface area contributed by atoms with Gasteiger partial charge in [0.05, 0.1) is 11.4 Å².